The average Bonchev–Trinajstić information content (AvgIpc) is 3.23. The second-order valence-corrected chi connectivity index (χ2v) is 8.58. The zero-order valence-electron chi connectivity index (χ0n) is 19.1. The van der Waals surface area contributed by atoms with E-state index in [1.54, 1.807) is 24.3 Å². The van der Waals surface area contributed by atoms with Crippen LogP contribution in [0.1, 0.15) is 28.4 Å². The van der Waals surface area contributed by atoms with Gasteiger partial charge in [0, 0.05) is 28.7 Å². The van der Waals surface area contributed by atoms with Crippen LogP contribution >= 0.6 is 11.3 Å². The topological polar surface area (TPSA) is 102 Å². The van der Waals surface area contributed by atoms with Crippen LogP contribution in [0.4, 0.5) is 25.3 Å². The summed E-state index contributed by atoms with van der Waals surface area (Å²) in [6.45, 7) is 1.80. The van der Waals surface area contributed by atoms with E-state index in [-0.39, 0.29) is 17.9 Å². The number of amides is 1. The Morgan fingerprint density at radius 1 is 1.03 bits per heavy atom. The number of nitrogens with one attached hydrogen (secondary N) is 2. The number of benzene rings is 2. The monoisotopic (exact) mass is 495 g/mol. The van der Waals surface area contributed by atoms with Gasteiger partial charge in [-0.05, 0) is 47.9 Å². The third-order valence-corrected chi connectivity index (χ3v) is 6.58. The lowest BCUT2D eigenvalue weighted by atomic mass is 10.0. The number of nitrogens with zero attached hydrogens (tertiary/aromatic N) is 2. The van der Waals surface area contributed by atoms with Crippen molar-refractivity contribution in [3.8, 4) is 16.3 Å². The fourth-order valence-corrected chi connectivity index (χ4v) is 4.87. The minimum Gasteiger partial charge on any atom is -0.480 e. The molecule has 0 unspecified atom stereocenters. The lowest BCUT2D eigenvalue weighted by Gasteiger charge is -2.11. The molecule has 0 aliphatic heterocycles. The van der Waals surface area contributed by atoms with Crippen molar-refractivity contribution in [1.82, 2.24) is 10.2 Å². The second kappa shape index (κ2) is 10.5. The Balaban J connectivity index is 1.73. The molecule has 0 saturated carbocycles. The van der Waals surface area contributed by atoms with Gasteiger partial charge in [-0.2, -0.15) is 0 Å². The Kier molecular flexibility index (Phi) is 7.21. The van der Waals surface area contributed by atoms with Crippen molar-refractivity contribution < 1.29 is 18.3 Å². The summed E-state index contributed by atoms with van der Waals surface area (Å²) in [6.07, 6.45) is 0.545. The van der Waals surface area contributed by atoms with Gasteiger partial charge in [0.1, 0.15) is 16.6 Å². The summed E-state index contributed by atoms with van der Waals surface area (Å²) in [5, 5.41) is 14.1. The minimum atomic E-state index is -0.664. The van der Waals surface area contributed by atoms with E-state index in [0.717, 1.165) is 16.0 Å². The molecule has 0 saturated heterocycles. The molecule has 2 aromatic carbocycles. The highest BCUT2D eigenvalue weighted by atomic mass is 32.1. The van der Waals surface area contributed by atoms with Crippen LogP contribution in [0.2, 0.25) is 0 Å². The van der Waals surface area contributed by atoms with Crippen LogP contribution in [0.5, 0.6) is 5.88 Å². The van der Waals surface area contributed by atoms with Crippen LogP contribution in [0.3, 0.4) is 0 Å². The molecule has 10 heteroatoms. The van der Waals surface area contributed by atoms with E-state index < -0.39 is 17.5 Å². The van der Waals surface area contributed by atoms with E-state index in [9.17, 15) is 13.6 Å². The number of nitrogens with two attached hydrogens (primary N) is 1. The smallest absolute Gasteiger partial charge is 0.260 e. The van der Waals surface area contributed by atoms with Crippen LogP contribution < -0.4 is 21.1 Å². The van der Waals surface area contributed by atoms with Crippen molar-refractivity contribution in [1.29, 1.82) is 0 Å². The van der Waals surface area contributed by atoms with E-state index in [1.165, 1.54) is 36.6 Å². The van der Waals surface area contributed by atoms with Gasteiger partial charge >= 0.3 is 0 Å². The van der Waals surface area contributed by atoms with E-state index in [1.807, 2.05) is 19.1 Å². The normalized spacial score (nSPS) is 10.7. The largest absolute Gasteiger partial charge is 0.480 e. The van der Waals surface area contributed by atoms with Crippen LogP contribution in [-0.4, -0.2) is 23.2 Å². The van der Waals surface area contributed by atoms with Gasteiger partial charge in [0.25, 0.3) is 5.91 Å². The number of hydrogen-bond acceptors (Lipinski definition) is 7. The number of hydrogen-bond donors (Lipinski definition) is 3. The number of thiophene rings is 1. The first kappa shape index (κ1) is 24.1. The predicted molar refractivity (Wildman–Crippen MR) is 134 cm³/mol. The maximum absolute atomic E-state index is 14.2. The Morgan fingerprint density at radius 3 is 2.34 bits per heavy atom. The zero-order chi connectivity index (χ0) is 24.9. The molecule has 180 valence electrons. The molecule has 0 aliphatic carbocycles. The van der Waals surface area contributed by atoms with Gasteiger partial charge in [-0.25, -0.2) is 8.78 Å². The van der Waals surface area contributed by atoms with Gasteiger partial charge in [-0.3, -0.25) is 4.79 Å². The van der Waals surface area contributed by atoms with Gasteiger partial charge in [-0.15, -0.1) is 21.5 Å². The number of nitrogen functional groups attached to an aromatic ring is 1. The summed E-state index contributed by atoms with van der Waals surface area (Å²) in [5.41, 5.74) is 8.39. The van der Waals surface area contributed by atoms with Crippen LogP contribution in [-0.2, 0) is 13.0 Å². The van der Waals surface area contributed by atoms with E-state index >= 15 is 0 Å². The Hall–Kier alpha value is -4.05. The third kappa shape index (κ3) is 5.22. The molecule has 4 aromatic rings. The summed E-state index contributed by atoms with van der Waals surface area (Å²) in [5.74, 6) is -1.20. The Bertz CT molecular complexity index is 1320. The first-order chi connectivity index (χ1) is 16.9. The van der Waals surface area contributed by atoms with Crippen molar-refractivity contribution in [3.05, 3.63) is 82.9 Å². The number of halogens is 2. The molecule has 0 spiro atoms. The van der Waals surface area contributed by atoms with Gasteiger partial charge in [0.2, 0.25) is 5.88 Å². The fourth-order valence-electron chi connectivity index (χ4n) is 3.58. The summed E-state index contributed by atoms with van der Waals surface area (Å²) in [7, 11) is 1.47. The Morgan fingerprint density at radius 2 is 1.74 bits per heavy atom. The SMILES string of the molecule is CCc1c(-c2ccc(N)cc2)sc(NCc2c(F)cccc2F)c1C(=O)Nc1ccc(OC)nn1. The number of anilines is 3. The number of aromatic nitrogens is 2. The highest BCUT2D eigenvalue weighted by molar-refractivity contribution is 7.20. The van der Waals surface area contributed by atoms with Gasteiger partial charge < -0.3 is 21.1 Å². The van der Waals surface area contributed by atoms with Crippen molar-refractivity contribution in [2.75, 3.05) is 23.5 Å². The molecule has 0 atom stereocenters. The van der Waals surface area contributed by atoms with Gasteiger partial charge in [-0.1, -0.05) is 25.1 Å². The van der Waals surface area contributed by atoms with Crippen LogP contribution in [0, 0.1) is 11.6 Å². The summed E-state index contributed by atoms with van der Waals surface area (Å²) in [6, 6.07) is 14.2. The molecule has 1 amide bonds. The molecule has 4 N–H and O–H groups in total. The number of carbonyl (C=O) groups excluding carboxylic acids is 1. The molecule has 2 heterocycles. The number of methoxy groups -OCH3 is 1. The van der Waals surface area contributed by atoms with E-state index in [0.29, 0.717) is 28.6 Å². The van der Waals surface area contributed by atoms with Crippen molar-refractivity contribution >= 4 is 33.8 Å². The summed E-state index contributed by atoms with van der Waals surface area (Å²) in [4.78, 5) is 14.3. The molecule has 35 heavy (non-hydrogen) atoms. The predicted octanol–water partition coefficient (Wildman–Crippen LogP) is 5.50. The van der Waals surface area contributed by atoms with Crippen molar-refractivity contribution in [2.45, 2.75) is 19.9 Å². The fraction of sp³-hybridized carbons (Fsp3) is 0.160. The van der Waals surface area contributed by atoms with Crippen molar-refractivity contribution in [3.63, 3.8) is 0 Å². The highest BCUT2D eigenvalue weighted by Gasteiger charge is 2.24. The van der Waals surface area contributed by atoms with Crippen LogP contribution in [0.25, 0.3) is 10.4 Å². The number of carbonyl (C=O) groups is 1. The molecule has 0 aliphatic rings. The third-order valence-electron chi connectivity index (χ3n) is 5.34. The molecule has 0 radical (unpaired) electrons. The number of ether oxygens (including phenoxy) is 1. The molecule has 2 aromatic heterocycles. The average molecular weight is 496 g/mol. The van der Waals surface area contributed by atoms with Crippen molar-refractivity contribution in [2.24, 2.45) is 0 Å². The highest BCUT2D eigenvalue weighted by Crippen LogP contribution is 2.41. The van der Waals surface area contributed by atoms with Gasteiger partial charge in [0.05, 0.1) is 12.7 Å². The summed E-state index contributed by atoms with van der Waals surface area (Å²) >= 11 is 1.33. The maximum Gasteiger partial charge on any atom is 0.260 e. The first-order valence-electron chi connectivity index (χ1n) is 10.8. The lowest BCUT2D eigenvalue weighted by Crippen LogP contribution is -2.16. The lowest BCUT2D eigenvalue weighted by molar-refractivity contribution is 0.102. The zero-order valence-corrected chi connectivity index (χ0v) is 19.9. The van der Waals surface area contributed by atoms with E-state index in [2.05, 4.69) is 20.8 Å². The number of rotatable bonds is 8. The van der Waals surface area contributed by atoms with Crippen LogP contribution in [0.15, 0.2) is 54.6 Å². The quantitative estimate of drug-likeness (QED) is 0.279. The van der Waals surface area contributed by atoms with E-state index in [4.69, 9.17) is 10.5 Å². The molecule has 7 nitrogen and oxygen atoms in total. The molecule has 4 rings (SSSR count). The Labute approximate surface area is 205 Å². The second-order valence-electron chi connectivity index (χ2n) is 7.56. The maximum atomic E-state index is 14.2. The minimum absolute atomic E-state index is 0.111. The van der Waals surface area contributed by atoms with Gasteiger partial charge in [0.15, 0.2) is 5.82 Å². The molecular formula is C25H23F2N5O2S. The molecule has 0 bridgehead atoms. The standard InChI is InChI=1S/C25H23F2N5O2S/c1-3-16-22(24(33)30-20-11-12-21(34-2)32-31-20)25(29-13-17-18(26)5-4-6-19(17)27)35-23(16)14-7-9-15(28)10-8-14/h4-12,29H,3,13,28H2,1-2H3,(H,30,31,33). The summed E-state index contributed by atoms with van der Waals surface area (Å²) < 4.78 is 33.4. The molecule has 0 fully saturated rings. The first-order valence-corrected chi connectivity index (χ1v) is 11.6. The molecular weight excluding hydrogens is 472 g/mol.